The van der Waals surface area contributed by atoms with Crippen LogP contribution >= 0.6 is 0 Å². The lowest BCUT2D eigenvalue weighted by molar-refractivity contribution is 0.705. The van der Waals surface area contributed by atoms with Crippen molar-refractivity contribution < 1.29 is 0 Å². The molecule has 2 rings (SSSR count). The van der Waals surface area contributed by atoms with E-state index in [1.165, 1.54) is 11.3 Å². The van der Waals surface area contributed by atoms with Crippen molar-refractivity contribution >= 4 is 11.6 Å². The smallest absolute Gasteiger partial charge is 0.191 e. The summed E-state index contributed by atoms with van der Waals surface area (Å²) in [5.41, 5.74) is 3.69. The molecular weight excluding hydrogens is 312 g/mol. The van der Waals surface area contributed by atoms with Gasteiger partial charge in [0.2, 0.25) is 0 Å². The second-order valence-electron chi connectivity index (χ2n) is 5.93. The Kier molecular flexibility index (Phi) is 7.32. The van der Waals surface area contributed by atoms with Crippen molar-refractivity contribution in [1.29, 1.82) is 0 Å². The van der Waals surface area contributed by atoms with E-state index in [1.54, 1.807) is 6.20 Å². The highest BCUT2D eigenvalue weighted by atomic mass is 15.3. The van der Waals surface area contributed by atoms with E-state index in [0.29, 0.717) is 6.54 Å². The van der Waals surface area contributed by atoms with Crippen LogP contribution in [0, 0.1) is 6.92 Å². The van der Waals surface area contributed by atoms with Gasteiger partial charge in [0.05, 0.1) is 12.2 Å². The topological polar surface area (TPSA) is 57.5 Å². The van der Waals surface area contributed by atoms with E-state index in [9.17, 15) is 0 Å². The van der Waals surface area contributed by atoms with Gasteiger partial charge >= 0.3 is 0 Å². The predicted molar refractivity (Wildman–Crippen MR) is 105 cm³/mol. The number of benzene rings is 1. The Morgan fingerprint density at radius 3 is 2.64 bits per heavy atom. The summed E-state index contributed by atoms with van der Waals surface area (Å²) in [7, 11) is 1.94. The molecule has 0 amide bonds. The molecule has 0 aliphatic rings. The first-order valence-corrected chi connectivity index (χ1v) is 8.95. The van der Waals surface area contributed by atoms with Crippen LogP contribution < -0.4 is 15.5 Å². The molecule has 1 aromatic heterocycles. The molecule has 1 aromatic carbocycles. The number of likely N-dealkylation sites (N-methyl/N-ethyl adjacent to an activating group) is 1. The van der Waals surface area contributed by atoms with E-state index in [1.807, 2.05) is 17.8 Å². The fourth-order valence-electron chi connectivity index (χ4n) is 2.73. The number of aliphatic imine (C=N–C) groups is 1. The molecule has 0 atom stereocenters. The fraction of sp³-hybridized carbons (Fsp3) is 0.474. The highest BCUT2D eigenvalue weighted by Crippen LogP contribution is 2.18. The minimum absolute atomic E-state index is 0.612. The summed E-state index contributed by atoms with van der Waals surface area (Å²) in [6.45, 7) is 10.6. The zero-order valence-corrected chi connectivity index (χ0v) is 15.8. The predicted octanol–water partition coefficient (Wildman–Crippen LogP) is 2.31. The molecule has 0 saturated carbocycles. The third-order valence-electron chi connectivity index (χ3n) is 4.18. The Morgan fingerprint density at radius 2 is 2.00 bits per heavy atom. The van der Waals surface area contributed by atoms with Crippen LogP contribution in [-0.4, -0.2) is 41.9 Å². The molecule has 1 heterocycles. The van der Waals surface area contributed by atoms with Gasteiger partial charge in [-0.3, -0.25) is 4.68 Å². The number of para-hydroxylation sites is 1. The van der Waals surface area contributed by atoms with E-state index in [2.05, 4.69) is 70.7 Å². The molecule has 2 N–H and O–H groups in total. The lowest BCUT2D eigenvalue weighted by Gasteiger charge is -2.25. The van der Waals surface area contributed by atoms with Crippen molar-refractivity contribution in [2.75, 3.05) is 31.1 Å². The van der Waals surface area contributed by atoms with Crippen LogP contribution in [-0.2, 0) is 13.6 Å². The largest absolute Gasteiger partial charge is 0.370 e. The van der Waals surface area contributed by atoms with E-state index < -0.39 is 0 Å². The summed E-state index contributed by atoms with van der Waals surface area (Å²) >= 11 is 0. The van der Waals surface area contributed by atoms with Crippen molar-refractivity contribution in [2.45, 2.75) is 27.3 Å². The zero-order chi connectivity index (χ0) is 18.1. The van der Waals surface area contributed by atoms with Gasteiger partial charge < -0.3 is 15.5 Å². The van der Waals surface area contributed by atoms with Gasteiger partial charge in [0, 0.05) is 45.1 Å². The quantitative estimate of drug-likeness (QED) is 0.571. The summed E-state index contributed by atoms with van der Waals surface area (Å²) < 4.78 is 1.85. The lowest BCUT2D eigenvalue weighted by atomic mass is 10.2. The van der Waals surface area contributed by atoms with Crippen molar-refractivity contribution in [2.24, 2.45) is 12.0 Å². The number of aromatic nitrogens is 2. The third-order valence-corrected chi connectivity index (χ3v) is 4.18. The molecule has 0 spiro atoms. The van der Waals surface area contributed by atoms with Gasteiger partial charge in [0.15, 0.2) is 5.96 Å². The average Bonchev–Trinajstić information content (AvgIpc) is 3.02. The Hall–Kier alpha value is -2.50. The minimum Gasteiger partial charge on any atom is -0.370 e. The number of rotatable bonds is 8. The van der Waals surface area contributed by atoms with Gasteiger partial charge in [0.1, 0.15) is 0 Å². The molecule has 0 saturated heterocycles. The van der Waals surface area contributed by atoms with Crippen LogP contribution in [0.1, 0.15) is 25.1 Å². The van der Waals surface area contributed by atoms with E-state index in [-0.39, 0.29) is 0 Å². The molecular formula is C19H30N6. The number of nitrogens with one attached hydrogen (secondary N) is 2. The van der Waals surface area contributed by atoms with Gasteiger partial charge in [-0.2, -0.15) is 5.10 Å². The molecule has 25 heavy (non-hydrogen) atoms. The van der Waals surface area contributed by atoms with Gasteiger partial charge in [-0.1, -0.05) is 18.2 Å². The van der Waals surface area contributed by atoms with Crippen LogP contribution in [0.15, 0.2) is 41.5 Å². The number of anilines is 1. The summed E-state index contributed by atoms with van der Waals surface area (Å²) in [5.74, 6) is 0.838. The summed E-state index contributed by atoms with van der Waals surface area (Å²) in [6.07, 6.45) is 1.80. The van der Waals surface area contributed by atoms with Gasteiger partial charge in [-0.25, -0.2) is 4.99 Å². The standard InChI is InChI=1S/C19H30N6/c1-5-20-19(22-15-17-11-12-23-24(17)4)21-13-14-25(6-2)18-10-8-7-9-16(18)3/h7-12H,5-6,13-15H2,1-4H3,(H2,20,21,22). The second-order valence-corrected chi connectivity index (χ2v) is 5.93. The molecule has 0 fully saturated rings. The maximum Gasteiger partial charge on any atom is 0.191 e. The molecule has 0 bridgehead atoms. The number of nitrogens with zero attached hydrogens (tertiary/aromatic N) is 4. The monoisotopic (exact) mass is 342 g/mol. The second kappa shape index (κ2) is 9.71. The first-order valence-electron chi connectivity index (χ1n) is 8.95. The van der Waals surface area contributed by atoms with Gasteiger partial charge in [0.25, 0.3) is 0 Å². The van der Waals surface area contributed by atoms with Crippen LogP contribution in [0.5, 0.6) is 0 Å². The molecule has 0 aliphatic heterocycles. The Bertz CT molecular complexity index is 676. The van der Waals surface area contributed by atoms with Gasteiger partial charge in [-0.15, -0.1) is 0 Å². The van der Waals surface area contributed by atoms with Gasteiger partial charge in [-0.05, 0) is 38.5 Å². The first-order chi connectivity index (χ1) is 12.2. The average molecular weight is 342 g/mol. The zero-order valence-electron chi connectivity index (χ0n) is 15.8. The molecule has 0 unspecified atom stereocenters. The first kappa shape index (κ1) is 18.8. The van der Waals surface area contributed by atoms with Crippen molar-refractivity contribution in [3.05, 3.63) is 47.8 Å². The third kappa shape index (κ3) is 5.52. The molecule has 2 aromatic rings. The van der Waals surface area contributed by atoms with E-state index in [0.717, 1.165) is 37.8 Å². The highest BCUT2D eigenvalue weighted by Gasteiger charge is 2.07. The fourth-order valence-corrected chi connectivity index (χ4v) is 2.73. The SMILES string of the molecule is CCNC(=NCc1ccnn1C)NCCN(CC)c1ccccc1C. The van der Waals surface area contributed by atoms with Crippen molar-refractivity contribution in [1.82, 2.24) is 20.4 Å². The normalized spacial score (nSPS) is 11.4. The van der Waals surface area contributed by atoms with E-state index >= 15 is 0 Å². The summed E-state index contributed by atoms with van der Waals surface area (Å²) in [4.78, 5) is 7.03. The van der Waals surface area contributed by atoms with Crippen LogP contribution in [0.4, 0.5) is 5.69 Å². The number of aryl methyl sites for hydroxylation is 2. The van der Waals surface area contributed by atoms with Crippen LogP contribution in [0.3, 0.4) is 0 Å². The Morgan fingerprint density at radius 1 is 1.20 bits per heavy atom. The van der Waals surface area contributed by atoms with Crippen molar-refractivity contribution in [3.8, 4) is 0 Å². The molecule has 6 nitrogen and oxygen atoms in total. The minimum atomic E-state index is 0.612. The number of hydrogen-bond acceptors (Lipinski definition) is 3. The van der Waals surface area contributed by atoms with E-state index in [4.69, 9.17) is 0 Å². The molecule has 136 valence electrons. The summed E-state index contributed by atoms with van der Waals surface area (Å²) in [6, 6.07) is 10.5. The summed E-state index contributed by atoms with van der Waals surface area (Å²) in [5, 5.41) is 10.9. The van der Waals surface area contributed by atoms with Crippen molar-refractivity contribution in [3.63, 3.8) is 0 Å². The maximum absolute atomic E-state index is 4.64. The number of hydrogen-bond donors (Lipinski definition) is 2. The maximum atomic E-state index is 4.64. The Labute approximate surface area is 151 Å². The van der Waals surface area contributed by atoms with Crippen LogP contribution in [0.2, 0.25) is 0 Å². The highest BCUT2D eigenvalue weighted by molar-refractivity contribution is 5.79. The molecule has 6 heteroatoms. The Balaban J connectivity index is 1.91. The molecule has 0 radical (unpaired) electrons. The number of guanidine groups is 1. The van der Waals surface area contributed by atoms with Crippen LogP contribution in [0.25, 0.3) is 0 Å². The molecule has 0 aliphatic carbocycles. The lowest BCUT2D eigenvalue weighted by Crippen LogP contribution is -2.41.